The third kappa shape index (κ3) is 5.24. The molecule has 1 atom stereocenters. The van der Waals surface area contributed by atoms with Crippen LogP contribution in [0.15, 0.2) is 5.10 Å². The number of hydrogen-bond acceptors (Lipinski definition) is 6. The van der Waals surface area contributed by atoms with Crippen molar-refractivity contribution in [2.75, 3.05) is 11.5 Å². The second kappa shape index (κ2) is 8.73. The Morgan fingerprint density at radius 3 is 2.61 bits per heavy atom. The Morgan fingerprint density at radius 2 is 2.00 bits per heavy atom. The number of rotatable bonds is 5. The van der Waals surface area contributed by atoms with Crippen LogP contribution in [0.5, 0.6) is 0 Å². The SMILES string of the molecule is CC(=O)SCCC(=O)N1N=C(C2CCCCC2)SCC1C(=O)O. The van der Waals surface area contributed by atoms with E-state index < -0.39 is 12.0 Å². The molecule has 1 N–H and O–H groups in total. The predicted molar refractivity (Wildman–Crippen MR) is 92.5 cm³/mol. The Hall–Kier alpha value is -1.02. The van der Waals surface area contributed by atoms with E-state index in [1.54, 1.807) is 0 Å². The Balaban J connectivity index is 2.07. The molecule has 2 aliphatic rings. The van der Waals surface area contributed by atoms with Crippen molar-refractivity contribution in [2.45, 2.75) is 51.5 Å². The van der Waals surface area contributed by atoms with Gasteiger partial charge in [-0.1, -0.05) is 31.0 Å². The maximum atomic E-state index is 12.3. The lowest BCUT2D eigenvalue weighted by molar-refractivity contribution is -0.149. The number of hydrazone groups is 1. The number of carboxylic acids is 1. The molecule has 8 heteroatoms. The van der Waals surface area contributed by atoms with E-state index in [0.717, 1.165) is 47.5 Å². The lowest BCUT2D eigenvalue weighted by atomic mass is 9.90. The van der Waals surface area contributed by atoms with Crippen LogP contribution < -0.4 is 0 Å². The molecule has 6 nitrogen and oxygen atoms in total. The van der Waals surface area contributed by atoms with E-state index >= 15 is 0 Å². The molecule has 0 aromatic carbocycles. The smallest absolute Gasteiger partial charge is 0.329 e. The summed E-state index contributed by atoms with van der Waals surface area (Å²) in [6, 6.07) is -0.915. The average Bonchev–Trinajstić information content (AvgIpc) is 2.54. The molecule has 23 heavy (non-hydrogen) atoms. The summed E-state index contributed by atoms with van der Waals surface area (Å²) >= 11 is 2.55. The highest BCUT2D eigenvalue weighted by molar-refractivity contribution is 8.14. The van der Waals surface area contributed by atoms with Crippen molar-refractivity contribution < 1.29 is 19.5 Å². The summed E-state index contributed by atoms with van der Waals surface area (Å²) in [7, 11) is 0. The van der Waals surface area contributed by atoms with Crippen molar-refractivity contribution in [3.63, 3.8) is 0 Å². The second-order valence-corrected chi connectivity index (χ2v) is 8.08. The molecule has 128 valence electrons. The standard InChI is InChI=1S/C15H22N2O4S2/c1-10(18)22-8-7-13(19)17-12(15(20)21)9-23-14(16-17)11-5-3-2-4-6-11/h11-12H,2-9H2,1H3,(H,20,21). The van der Waals surface area contributed by atoms with Crippen molar-refractivity contribution in [2.24, 2.45) is 11.0 Å². The number of hydrogen-bond donors (Lipinski definition) is 1. The van der Waals surface area contributed by atoms with Gasteiger partial charge in [-0.05, 0) is 12.8 Å². The van der Waals surface area contributed by atoms with E-state index in [9.17, 15) is 19.5 Å². The topological polar surface area (TPSA) is 87.0 Å². The largest absolute Gasteiger partial charge is 0.480 e. The monoisotopic (exact) mass is 358 g/mol. The molecule has 1 saturated carbocycles. The first-order valence-electron chi connectivity index (χ1n) is 7.88. The normalized spacial score (nSPS) is 22.6. The highest BCUT2D eigenvalue weighted by Crippen LogP contribution is 2.32. The molecule has 1 heterocycles. The van der Waals surface area contributed by atoms with Crippen molar-refractivity contribution in [3.8, 4) is 0 Å². The minimum Gasteiger partial charge on any atom is -0.480 e. The number of carbonyl (C=O) groups is 3. The molecule has 1 aliphatic carbocycles. The molecule has 0 bridgehead atoms. The Bertz CT molecular complexity index is 504. The van der Waals surface area contributed by atoms with Crippen LogP contribution in [0, 0.1) is 5.92 Å². The third-order valence-electron chi connectivity index (χ3n) is 4.01. The van der Waals surface area contributed by atoms with E-state index in [1.807, 2.05) is 0 Å². The van der Waals surface area contributed by atoms with Crippen LogP contribution in [-0.4, -0.2) is 49.7 Å². The van der Waals surface area contributed by atoms with Gasteiger partial charge in [-0.3, -0.25) is 9.59 Å². The summed E-state index contributed by atoms with van der Waals surface area (Å²) in [5.41, 5.74) is 0. The highest BCUT2D eigenvalue weighted by Gasteiger charge is 2.35. The summed E-state index contributed by atoms with van der Waals surface area (Å²) in [5.74, 6) is -0.295. The highest BCUT2D eigenvalue weighted by atomic mass is 32.2. The summed E-state index contributed by atoms with van der Waals surface area (Å²) < 4.78 is 0. The van der Waals surface area contributed by atoms with Gasteiger partial charge in [-0.2, -0.15) is 5.10 Å². The number of carboxylic acid groups (broad SMARTS) is 1. The lowest BCUT2D eigenvalue weighted by Crippen LogP contribution is -2.47. The van der Waals surface area contributed by atoms with Gasteiger partial charge in [-0.15, -0.1) is 11.8 Å². The summed E-state index contributed by atoms with van der Waals surface area (Å²) in [4.78, 5) is 34.7. The van der Waals surface area contributed by atoms with Gasteiger partial charge in [0.25, 0.3) is 0 Å². The molecule has 0 aromatic heterocycles. The van der Waals surface area contributed by atoms with Gasteiger partial charge < -0.3 is 5.11 Å². The number of thioether (sulfide) groups is 2. The molecular weight excluding hydrogens is 336 g/mol. The van der Waals surface area contributed by atoms with Crippen LogP contribution in [0.4, 0.5) is 0 Å². The first kappa shape index (κ1) is 18.3. The number of nitrogens with zero attached hydrogens (tertiary/aromatic N) is 2. The van der Waals surface area contributed by atoms with Crippen LogP contribution in [0.25, 0.3) is 0 Å². The van der Waals surface area contributed by atoms with Gasteiger partial charge in [0.15, 0.2) is 11.2 Å². The van der Waals surface area contributed by atoms with Crippen molar-refractivity contribution in [1.29, 1.82) is 0 Å². The minimum absolute atomic E-state index is 0.0480. The molecule has 2 rings (SSSR count). The van der Waals surface area contributed by atoms with Crippen LogP contribution in [0.1, 0.15) is 45.4 Å². The Morgan fingerprint density at radius 1 is 1.30 bits per heavy atom. The lowest BCUT2D eigenvalue weighted by Gasteiger charge is -2.32. The summed E-state index contributed by atoms with van der Waals surface area (Å²) in [6.45, 7) is 1.45. The van der Waals surface area contributed by atoms with E-state index in [0.29, 0.717) is 17.4 Å². The average molecular weight is 358 g/mol. The van der Waals surface area contributed by atoms with Gasteiger partial charge >= 0.3 is 5.97 Å². The zero-order valence-electron chi connectivity index (χ0n) is 13.2. The molecule has 1 amide bonds. The van der Waals surface area contributed by atoms with Crippen molar-refractivity contribution in [1.82, 2.24) is 5.01 Å². The Kier molecular flexibility index (Phi) is 6.95. The van der Waals surface area contributed by atoms with Gasteiger partial charge in [0.05, 0.1) is 5.04 Å². The van der Waals surface area contributed by atoms with Crippen LogP contribution in [-0.2, 0) is 14.4 Å². The fraction of sp³-hybridized carbons (Fsp3) is 0.733. The molecular formula is C15H22N2O4S2. The van der Waals surface area contributed by atoms with Crippen LogP contribution in [0.2, 0.25) is 0 Å². The van der Waals surface area contributed by atoms with Crippen LogP contribution >= 0.6 is 23.5 Å². The molecule has 0 saturated heterocycles. The molecule has 0 radical (unpaired) electrons. The first-order chi connectivity index (χ1) is 11.0. The number of carbonyl (C=O) groups excluding carboxylic acids is 2. The minimum atomic E-state index is -1.03. The van der Waals surface area contributed by atoms with Gasteiger partial charge in [0.1, 0.15) is 0 Å². The van der Waals surface area contributed by atoms with E-state index in [1.165, 1.54) is 25.1 Å². The van der Waals surface area contributed by atoms with Crippen molar-refractivity contribution >= 4 is 45.6 Å². The zero-order valence-corrected chi connectivity index (χ0v) is 14.8. The summed E-state index contributed by atoms with van der Waals surface area (Å²) in [6.07, 6.45) is 5.81. The van der Waals surface area contributed by atoms with Gasteiger partial charge in [0, 0.05) is 30.8 Å². The van der Waals surface area contributed by atoms with Gasteiger partial charge in [0.2, 0.25) is 5.91 Å². The summed E-state index contributed by atoms with van der Waals surface area (Å²) in [5, 5.41) is 15.7. The van der Waals surface area contributed by atoms with E-state index in [-0.39, 0.29) is 17.4 Å². The Labute approximate surface area is 144 Å². The maximum Gasteiger partial charge on any atom is 0.329 e. The van der Waals surface area contributed by atoms with E-state index in [2.05, 4.69) is 5.10 Å². The van der Waals surface area contributed by atoms with Gasteiger partial charge in [-0.25, -0.2) is 9.80 Å². The molecule has 1 unspecified atom stereocenters. The number of aliphatic carboxylic acids is 1. The second-order valence-electron chi connectivity index (χ2n) is 5.77. The molecule has 1 aliphatic heterocycles. The number of amides is 1. The first-order valence-corrected chi connectivity index (χ1v) is 9.85. The maximum absolute atomic E-state index is 12.3. The molecule has 0 spiro atoms. The molecule has 1 fully saturated rings. The van der Waals surface area contributed by atoms with Crippen molar-refractivity contribution in [3.05, 3.63) is 0 Å². The quantitative estimate of drug-likeness (QED) is 0.813. The fourth-order valence-corrected chi connectivity index (χ4v) is 4.58. The van der Waals surface area contributed by atoms with E-state index in [4.69, 9.17) is 0 Å². The third-order valence-corrected chi connectivity index (χ3v) is 6.01. The zero-order chi connectivity index (χ0) is 16.8. The molecule has 0 aromatic rings. The van der Waals surface area contributed by atoms with Crippen LogP contribution in [0.3, 0.4) is 0 Å². The fourth-order valence-electron chi connectivity index (χ4n) is 2.79. The predicted octanol–water partition coefficient (Wildman–Crippen LogP) is 2.58.